The number of thiocarbonyl (C=S) groups is 1. The third-order valence-electron chi connectivity index (χ3n) is 2.62. The van der Waals surface area contributed by atoms with E-state index in [0.717, 1.165) is 12.1 Å². The monoisotopic (exact) mass is 297 g/mol. The van der Waals surface area contributed by atoms with Gasteiger partial charge in [-0.2, -0.15) is 0 Å². The highest BCUT2D eigenvalue weighted by Crippen LogP contribution is 2.22. The van der Waals surface area contributed by atoms with Crippen LogP contribution < -0.4 is 10.5 Å². The minimum absolute atomic E-state index is 0.100. The molecule has 6 heteroatoms. The van der Waals surface area contributed by atoms with Gasteiger partial charge in [-0.25, -0.2) is 13.2 Å². The first-order valence-electron chi connectivity index (χ1n) is 5.64. The van der Waals surface area contributed by atoms with Crippen molar-refractivity contribution in [1.29, 1.82) is 0 Å². The fraction of sp³-hybridized carbons (Fsp3) is 0.0714. The molecule has 0 radical (unpaired) electrons. The Balaban J connectivity index is 2.23. The van der Waals surface area contributed by atoms with E-state index >= 15 is 0 Å². The van der Waals surface area contributed by atoms with Gasteiger partial charge in [0.05, 0.1) is 0 Å². The lowest BCUT2D eigenvalue weighted by Gasteiger charge is -2.10. The minimum atomic E-state index is -0.851. The summed E-state index contributed by atoms with van der Waals surface area (Å²) >= 11 is 4.78. The van der Waals surface area contributed by atoms with E-state index in [1.54, 1.807) is 0 Å². The van der Waals surface area contributed by atoms with Gasteiger partial charge in [0.2, 0.25) is 0 Å². The second-order valence-electron chi connectivity index (χ2n) is 4.01. The van der Waals surface area contributed by atoms with Crippen LogP contribution in [0.2, 0.25) is 0 Å². The first kappa shape index (κ1) is 14.3. The molecule has 0 aliphatic rings. The van der Waals surface area contributed by atoms with Crippen molar-refractivity contribution in [1.82, 2.24) is 0 Å². The highest BCUT2D eigenvalue weighted by Gasteiger charge is 2.12. The lowest BCUT2D eigenvalue weighted by molar-refractivity contribution is 0.269. The number of para-hydroxylation sites is 1. The van der Waals surface area contributed by atoms with E-state index in [1.807, 2.05) is 0 Å². The second-order valence-corrected chi connectivity index (χ2v) is 4.45. The average Bonchev–Trinajstić information content (AvgIpc) is 2.39. The SMILES string of the molecule is NC(=S)c1ccc(F)c(COc2c(F)cccc2F)c1. The highest BCUT2D eigenvalue weighted by molar-refractivity contribution is 7.80. The van der Waals surface area contributed by atoms with Crippen molar-refractivity contribution in [2.45, 2.75) is 6.61 Å². The maximum absolute atomic E-state index is 13.6. The molecule has 0 spiro atoms. The normalized spacial score (nSPS) is 10.3. The van der Waals surface area contributed by atoms with Gasteiger partial charge in [-0.3, -0.25) is 0 Å². The zero-order valence-corrected chi connectivity index (χ0v) is 11.0. The summed E-state index contributed by atoms with van der Waals surface area (Å²) in [6, 6.07) is 7.30. The van der Waals surface area contributed by atoms with E-state index in [2.05, 4.69) is 0 Å². The number of nitrogens with two attached hydrogens (primary N) is 1. The summed E-state index contributed by atoms with van der Waals surface area (Å²) in [4.78, 5) is 0.100. The quantitative estimate of drug-likeness (QED) is 0.879. The molecule has 2 N–H and O–H groups in total. The van der Waals surface area contributed by atoms with E-state index in [9.17, 15) is 13.2 Å². The van der Waals surface area contributed by atoms with Gasteiger partial charge in [0.25, 0.3) is 0 Å². The molecular formula is C14H10F3NOS. The van der Waals surface area contributed by atoms with Crippen LogP contribution in [0.25, 0.3) is 0 Å². The van der Waals surface area contributed by atoms with Crippen LogP contribution >= 0.6 is 12.2 Å². The minimum Gasteiger partial charge on any atom is -0.483 e. The molecule has 0 aliphatic carbocycles. The van der Waals surface area contributed by atoms with Crippen LogP contribution in [0.4, 0.5) is 13.2 Å². The molecule has 0 amide bonds. The van der Waals surface area contributed by atoms with Crippen LogP contribution in [0.5, 0.6) is 5.75 Å². The van der Waals surface area contributed by atoms with Gasteiger partial charge in [0.1, 0.15) is 17.4 Å². The molecule has 104 valence electrons. The van der Waals surface area contributed by atoms with E-state index in [1.165, 1.54) is 24.3 Å². The van der Waals surface area contributed by atoms with Gasteiger partial charge in [-0.15, -0.1) is 0 Å². The van der Waals surface area contributed by atoms with Crippen LogP contribution in [0.15, 0.2) is 36.4 Å². The first-order chi connectivity index (χ1) is 9.49. The maximum Gasteiger partial charge on any atom is 0.191 e. The summed E-state index contributed by atoms with van der Waals surface area (Å²) in [6.07, 6.45) is 0. The summed E-state index contributed by atoms with van der Waals surface area (Å²) in [5.41, 5.74) is 6.00. The molecule has 2 aromatic carbocycles. The molecule has 2 rings (SSSR count). The summed E-state index contributed by atoms with van der Waals surface area (Å²) in [6.45, 7) is -0.333. The standard InChI is InChI=1S/C14H10F3NOS/c15-10-5-4-8(14(18)20)6-9(10)7-19-13-11(16)2-1-3-12(13)17/h1-6H,7H2,(H2,18,20). The van der Waals surface area contributed by atoms with Crippen LogP contribution in [-0.4, -0.2) is 4.99 Å². The fourth-order valence-corrected chi connectivity index (χ4v) is 1.74. The molecule has 20 heavy (non-hydrogen) atoms. The third kappa shape index (κ3) is 3.08. The van der Waals surface area contributed by atoms with Crippen molar-refractivity contribution in [3.63, 3.8) is 0 Å². The van der Waals surface area contributed by atoms with Crippen molar-refractivity contribution in [2.24, 2.45) is 5.73 Å². The number of hydrogen-bond donors (Lipinski definition) is 1. The van der Waals surface area contributed by atoms with Crippen molar-refractivity contribution < 1.29 is 17.9 Å². The summed E-state index contributed by atoms with van der Waals surface area (Å²) in [5, 5.41) is 0. The van der Waals surface area contributed by atoms with E-state index in [0.29, 0.717) is 5.56 Å². The molecule has 0 aromatic heterocycles. The number of halogens is 3. The number of benzene rings is 2. The van der Waals surface area contributed by atoms with Crippen molar-refractivity contribution >= 4 is 17.2 Å². The number of ether oxygens (including phenoxy) is 1. The van der Waals surface area contributed by atoms with Gasteiger partial charge >= 0.3 is 0 Å². The lowest BCUT2D eigenvalue weighted by Crippen LogP contribution is -2.11. The molecular weight excluding hydrogens is 287 g/mol. The van der Waals surface area contributed by atoms with Gasteiger partial charge in [-0.05, 0) is 30.3 Å². The van der Waals surface area contributed by atoms with Crippen molar-refractivity contribution in [3.05, 3.63) is 65.0 Å². The van der Waals surface area contributed by atoms with E-state index < -0.39 is 23.2 Å². The molecule has 0 saturated carbocycles. The molecule has 2 nitrogen and oxygen atoms in total. The summed E-state index contributed by atoms with van der Waals surface area (Å²) < 4.78 is 45.3. The molecule has 0 heterocycles. The topological polar surface area (TPSA) is 35.2 Å². The fourth-order valence-electron chi connectivity index (χ4n) is 1.61. The van der Waals surface area contributed by atoms with E-state index in [4.69, 9.17) is 22.7 Å². The van der Waals surface area contributed by atoms with Gasteiger partial charge in [-0.1, -0.05) is 18.3 Å². The summed E-state index contributed by atoms with van der Waals surface area (Å²) in [7, 11) is 0. The molecule has 0 atom stereocenters. The van der Waals surface area contributed by atoms with Crippen LogP contribution in [0.3, 0.4) is 0 Å². The average molecular weight is 297 g/mol. The lowest BCUT2D eigenvalue weighted by atomic mass is 10.1. The van der Waals surface area contributed by atoms with Crippen molar-refractivity contribution in [2.75, 3.05) is 0 Å². The Morgan fingerprint density at radius 1 is 1.05 bits per heavy atom. The molecule has 0 bridgehead atoms. The molecule has 0 aliphatic heterocycles. The summed E-state index contributed by atoms with van der Waals surface area (Å²) in [5.74, 6) is -2.82. The zero-order chi connectivity index (χ0) is 14.7. The largest absolute Gasteiger partial charge is 0.483 e. The van der Waals surface area contributed by atoms with Gasteiger partial charge < -0.3 is 10.5 Å². The Morgan fingerprint density at radius 2 is 1.70 bits per heavy atom. The van der Waals surface area contributed by atoms with Crippen molar-refractivity contribution in [3.8, 4) is 5.75 Å². The zero-order valence-electron chi connectivity index (χ0n) is 10.2. The molecule has 0 fully saturated rings. The smallest absolute Gasteiger partial charge is 0.191 e. The molecule has 0 saturated heterocycles. The molecule has 0 unspecified atom stereocenters. The first-order valence-corrected chi connectivity index (χ1v) is 6.05. The Morgan fingerprint density at radius 3 is 2.30 bits per heavy atom. The maximum atomic E-state index is 13.6. The van der Waals surface area contributed by atoms with Gasteiger partial charge in [0.15, 0.2) is 17.4 Å². The van der Waals surface area contributed by atoms with Crippen LogP contribution in [0, 0.1) is 17.5 Å². The Hall–Kier alpha value is -2.08. The Labute approximate surface area is 119 Å². The number of rotatable bonds is 4. The number of hydrogen-bond acceptors (Lipinski definition) is 2. The predicted molar refractivity (Wildman–Crippen MR) is 73.0 cm³/mol. The van der Waals surface area contributed by atoms with E-state index in [-0.39, 0.29) is 17.2 Å². The highest BCUT2D eigenvalue weighted by atomic mass is 32.1. The Kier molecular flexibility index (Phi) is 4.24. The second kappa shape index (κ2) is 5.92. The van der Waals surface area contributed by atoms with Gasteiger partial charge in [0, 0.05) is 11.1 Å². The predicted octanol–water partition coefficient (Wildman–Crippen LogP) is 3.32. The molecule has 2 aromatic rings. The third-order valence-corrected chi connectivity index (χ3v) is 2.86. The van der Waals surface area contributed by atoms with Crippen LogP contribution in [0.1, 0.15) is 11.1 Å². The van der Waals surface area contributed by atoms with Crippen LogP contribution in [-0.2, 0) is 6.61 Å². The Bertz CT molecular complexity index is 641.